The Labute approximate surface area is 176 Å². The van der Waals surface area contributed by atoms with Gasteiger partial charge in [0.1, 0.15) is 0 Å². The van der Waals surface area contributed by atoms with Gasteiger partial charge >= 0.3 is 0 Å². The number of aromatic nitrogens is 2. The number of aryl methyl sites for hydroxylation is 1. The van der Waals surface area contributed by atoms with E-state index < -0.39 is 5.41 Å². The van der Waals surface area contributed by atoms with Crippen molar-refractivity contribution in [2.24, 2.45) is 0 Å². The molecule has 150 valence electrons. The Morgan fingerprint density at radius 2 is 1.90 bits per heavy atom. The van der Waals surface area contributed by atoms with Crippen molar-refractivity contribution in [3.63, 3.8) is 0 Å². The highest BCUT2D eigenvalue weighted by molar-refractivity contribution is 6.30. The smallest absolute Gasteiger partial charge is 0.230 e. The number of amides is 1. The SMILES string of the molecule is Cc1nn(Cc2ccccc2)c(C)c1CNC(=O)C1(c2cccc(Cl)c2)CCC1. The lowest BCUT2D eigenvalue weighted by molar-refractivity contribution is -0.130. The zero-order valence-electron chi connectivity index (χ0n) is 16.9. The van der Waals surface area contributed by atoms with E-state index >= 15 is 0 Å². The summed E-state index contributed by atoms with van der Waals surface area (Å²) < 4.78 is 2.02. The van der Waals surface area contributed by atoms with Gasteiger partial charge in [0.05, 0.1) is 17.7 Å². The molecule has 1 fully saturated rings. The first-order valence-corrected chi connectivity index (χ1v) is 10.5. The lowest BCUT2D eigenvalue weighted by Crippen LogP contribution is -2.49. The van der Waals surface area contributed by atoms with Crippen LogP contribution in [0.4, 0.5) is 0 Å². The van der Waals surface area contributed by atoms with E-state index in [0.717, 1.165) is 48.3 Å². The molecule has 1 aliphatic carbocycles. The lowest BCUT2D eigenvalue weighted by atomic mass is 9.64. The van der Waals surface area contributed by atoms with Crippen LogP contribution >= 0.6 is 11.6 Å². The third-order valence-corrected chi connectivity index (χ3v) is 6.39. The fraction of sp³-hybridized carbons (Fsp3) is 0.333. The number of benzene rings is 2. The van der Waals surface area contributed by atoms with Crippen LogP contribution in [0.1, 0.15) is 47.3 Å². The molecule has 1 heterocycles. The highest BCUT2D eigenvalue weighted by Crippen LogP contribution is 2.44. The standard InChI is InChI=1S/C24H26ClN3O/c1-17-22(18(2)28(27-17)16-19-8-4-3-5-9-19)15-26-23(29)24(12-7-13-24)20-10-6-11-21(25)14-20/h3-6,8-11,14H,7,12-13,15-16H2,1-2H3,(H,26,29). The van der Waals surface area contributed by atoms with Gasteiger partial charge in [0, 0.05) is 22.8 Å². The van der Waals surface area contributed by atoms with Crippen molar-refractivity contribution in [2.45, 2.75) is 51.6 Å². The van der Waals surface area contributed by atoms with Crippen molar-refractivity contribution in [3.05, 3.63) is 87.7 Å². The van der Waals surface area contributed by atoms with E-state index in [0.29, 0.717) is 11.6 Å². The maximum Gasteiger partial charge on any atom is 0.230 e. The fourth-order valence-electron chi connectivity index (χ4n) is 4.20. The van der Waals surface area contributed by atoms with Crippen LogP contribution < -0.4 is 5.32 Å². The first kappa shape index (κ1) is 19.7. The first-order valence-electron chi connectivity index (χ1n) is 10.1. The Morgan fingerprint density at radius 1 is 1.14 bits per heavy atom. The molecule has 5 heteroatoms. The number of carbonyl (C=O) groups is 1. The number of nitrogens with zero attached hydrogens (tertiary/aromatic N) is 2. The minimum absolute atomic E-state index is 0.0839. The van der Waals surface area contributed by atoms with Gasteiger partial charge in [0.25, 0.3) is 0 Å². The molecule has 0 spiro atoms. The highest BCUT2D eigenvalue weighted by Gasteiger charge is 2.45. The summed E-state index contributed by atoms with van der Waals surface area (Å²) in [5.41, 5.74) is 4.92. The molecule has 4 rings (SSSR count). The molecule has 0 atom stereocenters. The second kappa shape index (κ2) is 8.03. The molecule has 0 bridgehead atoms. The molecular weight excluding hydrogens is 382 g/mol. The summed E-state index contributed by atoms with van der Waals surface area (Å²) >= 11 is 6.18. The average molecular weight is 408 g/mol. The number of halogens is 1. The van der Waals surface area contributed by atoms with E-state index in [4.69, 9.17) is 16.7 Å². The van der Waals surface area contributed by atoms with Crippen molar-refractivity contribution in [2.75, 3.05) is 0 Å². The Morgan fingerprint density at radius 3 is 2.55 bits per heavy atom. The van der Waals surface area contributed by atoms with Gasteiger partial charge in [-0.2, -0.15) is 5.10 Å². The normalized spacial score (nSPS) is 15.0. The molecule has 4 nitrogen and oxygen atoms in total. The second-order valence-electron chi connectivity index (χ2n) is 7.92. The van der Waals surface area contributed by atoms with E-state index in [1.165, 1.54) is 5.56 Å². The van der Waals surface area contributed by atoms with E-state index in [2.05, 4.69) is 24.4 Å². The van der Waals surface area contributed by atoms with E-state index in [9.17, 15) is 4.79 Å². The summed E-state index contributed by atoms with van der Waals surface area (Å²) in [6.45, 7) is 5.30. The number of hydrogen-bond donors (Lipinski definition) is 1. The molecule has 0 radical (unpaired) electrons. The van der Waals surface area contributed by atoms with Gasteiger partial charge in [0.15, 0.2) is 0 Å². The minimum Gasteiger partial charge on any atom is -0.351 e. The van der Waals surface area contributed by atoms with Gasteiger partial charge in [-0.05, 0) is 49.9 Å². The van der Waals surface area contributed by atoms with Crippen LogP contribution in [-0.4, -0.2) is 15.7 Å². The highest BCUT2D eigenvalue weighted by atomic mass is 35.5. The molecule has 1 saturated carbocycles. The molecule has 2 aromatic carbocycles. The molecule has 1 N–H and O–H groups in total. The maximum atomic E-state index is 13.2. The summed E-state index contributed by atoms with van der Waals surface area (Å²) in [6.07, 6.45) is 2.79. The summed E-state index contributed by atoms with van der Waals surface area (Å²) in [5, 5.41) is 8.56. The van der Waals surface area contributed by atoms with Crippen molar-refractivity contribution in [3.8, 4) is 0 Å². The number of rotatable bonds is 6. The van der Waals surface area contributed by atoms with Crippen LogP contribution in [0.3, 0.4) is 0 Å². The number of hydrogen-bond acceptors (Lipinski definition) is 2. The van der Waals surface area contributed by atoms with E-state index in [1.54, 1.807) is 0 Å². The molecule has 0 aliphatic heterocycles. The third-order valence-electron chi connectivity index (χ3n) is 6.15. The zero-order chi connectivity index (χ0) is 20.4. The Hall–Kier alpha value is -2.59. The molecule has 1 aliphatic rings. The van der Waals surface area contributed by atoms with E-state index in [-0.39, 0.29) is 5.91 Å². The van der Waals surface area contributed by atoms with Gasteiger partial charge in [0.2, 0.25) is 5.91 Å². The van der Waals surface area contributed by atoms with E-state index in [1.807, 2.05) is 54.1 Å². The van der Waals surface area contributed by atoms with Crippen LogP contribution in [0.25, 0.3) is 0 Å². The topological polar surface area (TPSA) is 46.9 Å². The van der Waals surface area contributed by atoms with Crippen molar-refractivity contribution in [1.82, 2.24) is 15.1 Å². The summed E-state index contributed by atoms with van der Waals surface area (Å²) in [6, 6.07) is 18.0. The minimum atomic E-state index is -0.452. The van der Waals surface area contributed by atoms with Crippen LogP contribution in [-0.2, 0) is 23.3 Å². The van der Waals surface area contributed by atoms with Gasteiger partial charge < -0.3 is 5.32 Å². The molecular formula is C24H26ClN3O. The van der Waals surface area contributed by atoms with Crippen molar-refractivity contribution >= 4 is 17.5 Å². The quantitative estimate of drug-likeness (QED) is 0.629. The Balaban J connectivity index is 1.49. The van der Waals surface area contributed by atoms with Gasteiger partial charge in [-0.25, -0.2) is 0 Å². The average Bonchev–Trinajstić information content (AvgIpc) is 2.93. The third kappa shape index (κ3) is 3.82. The largest absolute Gasteiger partial charge is 0.351 e. The monoisotopic (exact) mass is 407 g/mol. The molecule has 29 heavy (non-hydrogen) atoms. The molecule has 0 unspecified atom stereocenters. The zero-order valence-corrected chi connectivity index (χ0v) is 17.7. The molecule has 0 saturated heterocycles. The van der Waals surface area contributed by atoms with Crippen LogP contribution in [0.2, 0.25) is 5.02 Å². The predicted molar refractivity (Wildman–Crippen MR) is 116 cm³/mol. The summed E-state index contributed by atoms with van der Waals surface area (Å²) in [7, 11) is 0. The van der Waals surface area contributed by atoms with Crippen LogP contribution in [0.5, 0.6) is 0 Å². The predicted octanol–water partition coefficient (Wildman–Crippen LogP) is 4.94. The van der Waals surface area contributed by atoms with Gasteiger partial charge in [-0.1, -0.05) is 60.5 Å². The van der Waals surface area contributed by atoms with Gasteiger partial charge in [-0.3, -0.25) is 9.48 Å². The maximum absolute atomic E-state index is 13.2. The number of carbonyl (C=O) groups excluding carboxylic acids is 1. The van der Waals surface area contributed by atoms with Crippen LogP contribution in [0, 0.1) is 13.8 Å². The van der Waals surface area contributed by atoms with Crippen molar-refractivity contribution in [1.29, 1.82) is 0 Å². The second-order valence-corrected chi connectivity index (χ2v) is 8.36. The van der Waals surface area contributed by atoms with Gasteiger partial charge in [-0.15, -0.1) is 0 Å². The molecule has 1 aromatic heterocycles. The van der Waals surface area contributed by atoms with Crippen LogP contribution in [0.15, 0.2) is 54.6 Å². The Kier molecular flexibility index (Phi) is 5.46. The summed E-state index contributed by atoms with van der Waals surface area (Å²) in [4.78, 5) is 13.2. The van der Waals surface area contributed by atoms with Crippen molar-refractivity contribution < 1.29 is 4.79 Å². The summed E-state index contributed by atoms with van der Waals surface area (Å²) in [5.74, 6) is 0.0839. The fourth-order valence-corrected chi connectivity index (χ4v) is 4.39. The molecule has 3 aromatic rings. The Bertz CT molecular complexity index is 1020. The lowest BCUT2D eigenvalue weighted by Gasteiger charge is -2.40. The first-order chi connectivity index (χ1) is 14.0. The molecule has 1 amide bonds. The number of nitrogens with one attached hydrogen (secondary N) is 1.